The van der Waals surface area contributed by atoms with Gasteiger partial charge in [0.25, 0.3) is 0 Å². The molecule has 0 spiro atoms. The number of nitrogens with one attached hydrogen (secondary N) is 3. The summed E-state index contributed by atoms with van der Waals surface area (Å²) in [4.78, 5) is 19.6. The lowest BCUT2D eigenvalue weighted by atomic mass is 10.2. The second-order valence-corrected chi connectivity index (χ2v) is 4.45. The number of aromatic nitrogens is 2. The largest absolute Gasteiger partial charge is 0.493 e. The van der Waals surface area contributed by atoms with Crippen LogP contribution in [0.1, 0.15) is 0 Å². The lowest BCUT2D eigenvalue weighted by molar-refractivity contribution is 0.250. The zero-order valence-electron chi connectivity index (χ0n) is 13.3. The third kappa shape index (κ3) is 4.40. The first-order chi connectivity index (χ1) is 11.1. The monoisotopic (exact) mass is 357 g/mol. The highest BCUT2D eigenvalue weighted by Gasteiger charge is 2.13. The molecule has 0 saturated carbocycles. The molecule has 11 heteroatoms. The molecule has 0 atom stereocenters. The minimum Gasteiger partial charge on any atom is -0.493 e. The highest BCUT2D eigenvalue weighted by atomic mass is 35.5. The van der Waals surface area contributed by atoms with Crippen LogP contribution in [0.2, 0.25) is 0 Å². The van der Waals surface area contributed by atoms with Gasteiger partial charge in [-0.15, -0.1) is 12.4 Å². The Labute approximate surface area is 144 Å². The first-order valence-electron chi connectivity index (χ1n) is 6.78. The number of hydrogen-bond donors (Lipinski definition) is 5. The quantitative estimate of drug-likeness (QED) is 0.448. The Bertz CT molecular complexity index is 714. The summed E-state index contributed by atoms with van der Waals surface area (Å²) in [5, 5.41) is 3.60. The number of hydrazine groups is 1. The van der Waals surface area contributed by atoms with Gasteiger partial charge in [-0.1, -0.05) is 0 Å². The Balaban J connectivity index is 0.00000288. The van der Waals surface area contributed by atoms with Crippen LogP contribution in [0.15, 0.2) is 12.1 Å². The van der Waals surface area contributed by atoms with Gasteiger partial charge in [0, 0.05) is 24.5 Å². The second kappa shape index (κ2) is 8.79. The van der Waals surface area contributed by atoms with Crippen molar-refractivity contribution >= 4 is 41.1 Å². The third-order valence-electron chi connectivity index (χ3n) is 2.93. The Morgan fingerprint density at radius 3 is 2.46 bits per heavy atom. The standard InChI is InChI=1S/C13H19N7O3.ClH/c1-22-9-5-7-8(6-10(9)23-2)17-13(16-4-3-14)18-11(7)19-20-12(15)21;/h5-6H,3-4,14H2,1-2H3,(H3,15,20,21)(H2,16,17,18,19);1H. The Morgan fingerprint density at radius 1 is 1.21 bits per heavy atom. The van der Waals surface area contributed by atoms with Gasteiger partial charge >= 0.3 is 6.03 Å². The molecule has 0 aliphatic carbocycles. The second-order valence-electron chi connectivity index (χ2n) is 4.45. The molecule has 1 heterocycles. The molecule has 24 heavy (non-hydrogen) atoms. The minimum absolute atomic E-state index is 0. The SMILES string of the molecule is COc1cc2nc(NCCN)nc(NNC(N)=O)c2cc1OC.Cl. The van der Waals surface area contributed by atoms with Crippen molar-refractivity contribution in [2.45, 2.75) is 0 Å². The van der Waals surface area contributed by atoms with E-state index in [0.29, 0.717) is 47.3 Å². The summed E-state index contributed by atoms with van der Waals surface area (Å²) < 4.78 is 10.5. The molecule has 2 rings (SSSR count). The molecule has 0 bridgehead atoms. The maximum Gasteiger partial charge on any atom is 0.330 e. The Hall–Kier alpha value is -2.72. The topological polar surface area (TPSA) is 149 Å². The number of halogens is 1. The maximum atomic E-state index is 10.9. The summed E-state index contributed by atoms with van der Waals surface area (Å²) in [6, 6.07) is 2.67. The van der Waals surface area contributed by atoms with E-state index in [0.717, 1.165) is 0 Å². The van der Waals surface area contributed by atoms with Crippen LogP contribution in [0.5, 0.6) is 11.5 Å². The summed E-state index contributed by atoms with van der Waals surface area (Å²) in [6.07, 6.45) is 0. The number of carbonyl (C=O) groups is 1. The highest BCUT2D eigenvalue weighted by Crippen LogP contribution is 2.34. The molecular formula is C13H20ClN7O3. The van der Waals surface area contributed by atoms with E-state index in [1.807, 2.05) is 0 Å². The van der Waals surface area contributed by atoms with E-state index in [2.05, 4.69) is 26.1 Å². The van der Waals surface area contributed by atoms with Gasteiger partial charge in [-0.3, -0.25) is 10.9 Å². The summed E-state index contributed by atoms with van der Waals surface area (Å²) >= 11 is 0. The van der Waals surface area contributed by atoms with Crippen LogP contribution in [-0.4, -0.2) is 43.3 Å². The van der Waals surface area contributed by atoms with Crippen LogP contribution in [0.25, 0.3) is 10.9 Å². The molecule has 0 fully saturated rings. The van der Waals surface area contributed by atoms with E-state index in [4.69, 9.17) is 20.9 Å². The minimum atomic E-state index is -0.742. The van der Waals surface area contributed by atoms with Gasteiger partial charge in [0.05, 0.1) is 19.7 Å². The number of benzene rings is 1. The van der Waals surface area contributed by atoms with Crippen molar-refractivity contribution in [1.29, 1.82) is 0 Å². The number of urea groups is 1. The predicted octanol–water partition coefficient (Wildman–Crippen LogP) is 0.435. The number of carbonyl (C=O) groups excluding carboxylic acids is 1. The van der Waals surface area contributed by atoms with Gasteiger partial charge in [0.2, 0.25) is 5.95 Å². The predicted molar refractivity (Wildman–Crippen MR) is 93.8 cm³/mol. The van der Waals surface area contributed by atoms with Crippen molar-refractivity contribution in [3.63, 3.8) is 0 Å². The van der Waals surface area contributed by atoms with Crippen LogP contribution in [0, 0.1) is 0 Å². The number of amides is 2. The van der Waals surface area contributed by atoms with Crippen molar-refractivity contribution in [2.75, 3.05) is 38.1 Å². The van der Waals surface area contributed by atoms with Gasteiger partial charge in [-0.25, -0.2) is 9.78 Å². The molecule has 0 aliphatic rings. The summed E-state index contributed by atoms with van der Waals surface area (Å²) in [6.45, 7) is 0.928. The maximum absolute atomic E-state index is 10.9. The molecule has 10 nitrogen and oxygen atoms in total. The molecular weight excluding hydrogens is 338 g/mol. The zero-order valence-corrected chi connectivity index (χ0v) is 14.1. The molecule has 2 aromatic rings. The fourth-order valence-electron chi connectivity index (χ4n) is 1.93. The van der Waals surface area contributed by atoms with Gasteiger partial charge in [-0.2, -0.15) is 4.98 Å². The number of anilines is 2. The zero-order chi connectivity index (χ0) is 16.8. The number of primary amides is 1. The fourth-order valence-corrected chi connectivity index (χ4v) is 1.93. The van der Waals surface area contributed by atoms with Crippen molar-refractivity contribution in [1.82, 2.24) is 15.4 Å². The van der Waals surface area contributed by atoms with Crippen molar-refractivity contribution in [3.8, 4) is 11.5 Å². The van der Waals surface area contributed by atoms with E-state index in [1.54, 1.807) is 12.1 Å². The average molecular weight is 358 g/mol. The van der Waals surface area contributed by atoms with E-state index < -0.39 is 6.03 Å². The number of nitrogens with zero attached hydrogens (tertiary/aromatic N) is 2. The van der Waals surface area contributed by atoms with Gasteiger partial charge in [0.15, 0.2) is 17.3 Å². The Kier molecular flexibility index (Phi) is 7.08. The molecule has 0 saturated heterocycles. The van der Waals surface area contributed by atoms with Gasteiger partial charge < -0.3 is 26.3 Å². The van der Waals surface area contributed by atoms with E-state index in [9.17, 15) is 4.79 Å². The van der Waals surface area contributed by atoms with Gasteiger partial charge in [0.1, 0.15) is 0 Å². The highest BCUT2D eigenvalue weighted by molar-refractivity contribution is 5.93. The number of hydrogen-bond acceptors (Lipinski definition) is 8. The number of nitrogens with two attached hydrogens (primary N) is 2. The normalized spacial score (nSPS) is 9.79. The third-order valence-corrected chi connectivity index (χ3v) is 2.93. The first-order valence-corrected chi connectivity index (χ1v) is 6.78. The molecule has 2 amide bonds. The lowest BCUT2D eigenvalue weighted by Crippen LogP contribution is -2.34. The number of rotatable bonds is 7. The lowest BCUT2D eigenvalue weighted by Gasteiger charge is -2.14. The molecule has 1 aromatic heterocycles. The van der Waals surface area contributed by atoms with Crippen LogP contribution >= 0.6 is 12.4 Å². The summed E-state index contributed by atoms with van der Waals surface area (Å²) in [5.41, 5.74) is 16.1. The van der Waals surface area contributed by atoms with Crippen LogP contribution < -0.4 is 37.1 Å². The smallest absolute Gasteiger partial charge is 0.330 e. The molecule has 132 valence electrons. The molecule has 0 aliphatic heterocycles. The first kappa shape index (κ1) is 19.3. The average Bonchev–Trinajstić information content (AvgIpc) is 2.56. The molecule has 1 aromatic carbocycles. The van der Waals surface area contributed by atoms with Crippen LogP contribution in [0.4, 0.5) is 16.6 Å². The van der Waals surface area contributed by atoms with Crippen LogP contribution in [0.3, 0.4) is 0 Å². The number of methoxy groups -OCH3 is 2. The molecule has 7 N–H and O–H groups in total. The van der Waals surface area contributed by atoms with Crippen LogP contribution in [-0.2, 0) is 0 Å². The Morgan fingerprint density at radius 2 is 1.88 bits per heavy atom. The van der Waals surface area contributed by atoms with Crippen molar-refractivity contribution in [2.24, 2.45) is 11.5 Å². The number of ether oxygens (including phenoxy) is 2. The fraction of sp³-hybridized carbons (Fsp3) is 0.308. The van der Waals surface area contributed by atoms with Crippen molar-refractivity contribution in [3.05, 3.63) is 12.1 Å². The van der Waals surface area contributed by atoms with E-state index in [-0.39, 0.29) is 12.4 Å². The molecule has 0 unspecified atom stereocenters. The summed E-state index contributed by atoms with van der Waals surface area (Å²) in [7, 11) is 3.06. The van der Waals surface area contributed by atoms with E-state index >= 15 is 0 Å². The van der Waals surface area contributed by atoms with Crippen molar-refractivity contribution < 1.29 is 14.3 Å². The molecule has 0 radical (unpaired) electrons. The van der Waals surface area contributed by atoms with Gasteiger partial charge in [-0.05, 0) is 6.07 Å². The number of fused-ring (bicyclic) bond motifs is 1. The van der Waals surface area contributed by atoms with E-state index in [1.165, 1.54) is 14.2 Å². The summed E-state index contributed by atoms with van der Waals surface area (Å²) in [5.74, 6) is 1.74.